The van der Waals surface area contributed by atoms with Crippen molar-refractivity contribution in [1.82, 2.24) is 5.32 Å². The highest BCUT2D eigenvalue weighted by atomic mass is 35.5. The van der Waals surface area contributed by atoms with E-state index in [1.165, 1.54) is 6.42 Å². The fourth-order valence-electron chi connectivity index (χ4n) is 1.87. The fourth-order valence-corrected chi connectivity index (χ4v) is 2.28. The van der Waals surface area contributed by atoms with Crippen molar-refractivity contribution >= 4 is 23.2 Å². The summed E-state index contributed by atoms with van der Waals surface area (Å²) in [5.41, 5.74) is 1.15. The quantitative estimate of drug-likeness (QED) is 0.759. The minimum Gasteiger partial charge on any atom is -0.314 e. The van der Waals surface area contributed by atoms with Gasteiger partial charge in [0.2, 0.25) is 0 Å². The monoisotopic (exact) mass is 273 g/mol. The van der Waals surface area contributed by atoms with Crippen molar-refractivity contribution in [3.63, 3.8) is 0 Å². The first-order chi connectivity index (χ1) is 8.19. The van der Waals surface area contributed by atoms with Gasteiger partial charge in [0.1, 0.15) is 0 Å². The summed E-state index contributed by atoms with van der Waals surface area (Å²) >= 11 is 12.2. The molecule has 0 aromatic heterocycles. The van der Waals surface area contributed by atoms with Crippen LogP contribution in [0.1, 0.15) is 38.7 Å². The summed E-state index contributed by atoms with van der Waals surface area (Å²) in [6.45, 7) is 5.49. The highest BCUT2D eigenvalue weighted by Crippen LogP contribution is 2.26. The van der Waals surface area contributed by atoms with Crippen LogP contribution in [0.25, 0.3) is 0 Å². The van der Waals surface area contributed by atoms with E-state index in [0.29, 0.717) is 16.1 Å². The molecule has 0 spiro atoms. The Bertz CT molecular complexity index is 339. The van der Waals surface area contributed by atoms with E-state index < -0.39 is 0 Å². The molecular weight excluding hydrogens is 253 g/mol. The topological polar surface area (TPSA) is 12.0 Å². The van der Waals surface area contributed by atoms with E-state index >= 15 is 0 Å². The Hall–Kier alpha value is -0.240. The lowest BCUT2D eigenvalue weighted by Crippen LogP contribution is -2.29. The molecule has 1 atom stereocenters. The van der Waals surface area contributed by atoms with Crippen molar-refractivity contribution in [2.45, 2.75) is 45.6 Å². The van der Waals surface area contributed by atoms with Gasteiger partial charge in [-0.15, -0.1) is 0 Å². The van der Waals surface area contributed by atoms with Crippen LogP contribution in [0.4, 0.5) is 0 Å². The molecule has 0 aliphatic carbocycles. The normalized spacial score (nSPS) is 12.7. The first-order valence-corrected chi connectivity index (χ1v) is 7.10. The third-order valence-corrected chi connectivity index (χ3v) is 3.83. The Morgan fingerprint density at radius 2 is 2.00 bits per heavy atom. The molecule has 1 unspecified atom stereocenters. The predicted octanol–water partition coefficient (Wildman–Crippen LogP) is 4.70. The Kier molecular flexibility index (Phi) is 6.94. The fraction of sp³-hybridized carbons (Fsp3) is 0.571. The molecule has 1 aromatic carbocycles. The van der Waals surface area contributed by atoms with Crippen molar-refractivity contribution in [1.29, 1.82) is 0 Å². The lowest BCUT2D eigenvalue weighted by Gasteiger charge is -2.16. The first kappa shape index (κ1) is 14.8. The van der Waals surface area contributed by atoms with Crippen molar-refractivity contribution in [3.8, 4) is 0 Å². The van der Waals surface area contributed by atoms with Crippen LogP contribution in [0.15, 0.2) is 18.2 Å². The van der Waals surface area contributed by atoms with Crippen molar-refractivity contribution in [2.24, 2.45) is 0 Å². The molecule has 1 rings (SSSR count). The second-order valence-electron chi connectivity index (χ2n) is 4.31. The van der Waals surface area contributed by atoms with Crippen molar-refractivity contribution in [3.05, 3.63) is 33.8 Å². The van der Waals surface area contributed by atoms with E-state index in [1.54, 1.807) is 0 Å². The zero-order valence-electron chi connectivity index (χ0n) is 10.6. The smallest absolute Gasteiger partial charge is 0.0624 e. The summed E-state index contributed by atoms with van der Waals surface area (Å²) in [6.07, 6.45) is 4.41. The molecule has 0 bridgehead atoms. The molecule has 0 aliphatic rings. The van der Waals surface area contributed by atoms with E-state index in [1.807, 2.05) is 12.1 Å². The van der Waals surface area contributed by atoms with Gasteiger partial charge in [0.05, 0.1) is 10.0 Å². The maximum Gasteiger partial charge on any atom is 0.0624 e. The molecule has 96 valence electrons. The van der Waals surface area contributed by atoms with Crippen LogP contribution in [-0.2, 0) is 6.42 Å². The van der Waals surface area contributed by atoms with Gasteiger partial charge >= 0.3 is 0 Å². The highest BCUT2D eigenvalue weighted by Gasteiger charge is 2.08. The minimum atomic E-state index is 0.574. The lowest BCUT2D eigenvalue weighted by atomic mass is 10.0. The maximum atomic E-state index is 6.17. The van der Waals surface area contributed by atoms with Crippen molar-refractivity contribution in [2.75, 3.05) is 6.54 Å². The number of hydrogen-bond acceptors (Lipinski definition) is 1. The van der Waals surface area contributed by atoms with E-state index in [2.05, 4.69) is 25.2 Å². The van der Waals surface area contributed by atoms with E-state index in [9.17, 15) is 0 Å². The summed E-state index contributed by atoms with van der Waals surface area (Å²) in [4.78, 5) is 0. The second-order valence-corrected chi connectivity index (χ2v) is 5.10. The van der Waals surface area contributed by atoms with E-state index in [4.69, 9.17) is 23.2 Å². The third kappa shape index (κ3) is 4.87. The van der Waals surface area contributed by atoms with E-state index in [-0.39, 0.29) is 0 Å². The largest absolute Gasteiger partial charge is 0.314 e. The van der Waals surface area contributed by atoms with Crippen molar-refractivity contribution < 1.29 is 0 Å². The van der Waals surface area contributed by atoms with Gasteiger partial charge in [-0.05, 0) is 43.9 Å². The second kappa shape index (κ2) is 7.97. The van der Waals surface area contributed by atoms with Gasteiger partial charge in [-0.25, -0.2) is 0 Å². The Morgan fingerprint density at radius 3 is 2.65 bits per heavy atom. The zero-order chi connectivity index (χ0) is 12.7. The number of halogens is 2. The van der Waals surface area contributed by atoms with Gasteiger partial charge in [0, 0.05) is 6.04 Å². The van der Waals surface area contributed by atoms with Crippen LogP contribution < -0.4 is 5.32 Å². The number of rotatable bonds is 7. The summed E-state index contributed by atoms with van der Waals surface area (Å²) in [5.74, 6) is 0. The molecule has 3 heteroatoms. The van der Waals surface area contributed by atoms with Crippen LogP contribution >= 0.6 is 23.2 Å². The van der Waals surface area contributed by atoms with Crippen LogP contribution in [0.2, 0.25) is 10.0 Å². The molecule has 1 nitrogen and oxygen atoms in total. The van der Waals surface area contributed by atoms with E-state index in [0.717, 1.165) is 31.4 Å². The summed E-state index contributed by atoms with van der Waals surface area (Å²) < 4.78 is 0. The zero-order valence-corrected chi connectivity index (χ0v) is 12.1. The molecule has 0 amide bonds. The number of benzene rings is 1. The molecule has 17 heavy (non-hydrogen) atoms. The Labute approximate surface area is 115 Å². The summed E-state index contributed by atoms with van der Waals surface area (Å²) in [7, 11) is 0. The molecule has 1 aromatic rings. The molecule has 0 fully saturated rings. The van der Waals surface area contributed by atoms with Gasteiger partial charge < -0.3 is 5.32 Å². The molecule has 0 aliphatic heterocycles. The van der Waals surface area contributed by atoms with Crippen LogP contribution in [-0.4, -0.2) is 12.6 Å². The highest BCUT2D eigenvalue weighted by molar-refractivity contribution is 6.42. The van der Waals surface area contributed by atoms with Gasteiger partial charge in [-0.1, -0.05) is 49.2 Å². The Morgan fingerprint density at radius 1 is 1.24 bits per heavy atom. The van der Waals surface area contributed by atoms with Gasteiger partial charge in [0.25, 0.3) is 0 Å². The predicted molar refractivity (Wildman–Crippen MR) is 77.2 cm³/mol. The van der Waals surface area contributed by atoms with Gasteiger partial charge in [-0.2, -0.15) is 0 Å². The summed E-state index contributed by atoms with van der Waals surface area (Å²) in [6, 6.07) is 6.43. The van der Waals surface area contributed by atoms with Crippen LogP contribution in [0.5, 0.6) is 0 Å². The molecular formula is C14H21Cl2N. The molecule has 0 heterocycles. The minimum absolute atomic E-state index is 0.574. The molecule has 0 saturated carbocycles. The lowest BCUT2D eigenvalue weighted by molar-refractivity contribution is 0.468. The average Bonchev–Trinajstić information content (AvgIpc) is 2.34. The molecule has 0 radical (unpaired) electrons. The molecule has 1 N–H and O–H groups in total. The summed E-state index contributed by atoms with van der Waals surface area (Å²) in [5, 5.41) is 4.91. The van der Waals surface area contributed by atoms with Crippen LogP contribution in [0, 0.1) is 0 Å². The number of hydrogen-bond donors (Lipinski definition) is 1. The van der Waals surface area contributed by atoms with Crippen LogP contribution in [0.3, 0.4) is 0 Å². The number of nitrogens with one attached hydrogen (secondary N) is 1. The third-order valence-electron chi connectivity index (χ3n) is 2.97. The molecule has 0 saturated heterocycles. The number of aryl methyl sites for hydroxylation is 1. The SMILES string of the molecule is CCCNC(CC)CCc1cccc(Cl)c1Cl. The average molecular weight is 274 g/mol. The van der Waals surface area contributed by atoms with Gasteiger partial charge in [0.15, 0.2) is 0 Å². The Balaban J connectivity index is 2.50. The maximum absolute atomic E-state index is 6.17. The first-order valence-electron chi connectivity index (χ1n) is 6.35. The van der Waals surface area contributed by atoms with Gasteiger partial charge in [-0.3, -0.25) is 0 Å². The standard InChI is InChI=1S/C14H21Cl2N/c1-3-10-17-12(4-2)9-8-11-6-5-7-13(15)14(11)16/h5-7,12,17H,3-4,8-10H2,1-2H3.